The van der Waals surface area contributed by atoms with E-state index in [4.69, 9.17) is 0 Å². The van der Waals surface area contributed by atoms with Gasteiger partial charge >= 0.3 is 0 Å². The van der Waals surface area contributed by atoms with Crippen molar-refractivity contribution in [2.45, 2.75) is 32.2 Å². The van der Waals surface area contributed by atoms with Crippen LogP contribution in [-0.2, 0) is 4.79 Å². The zero-order chi connectivity index (χ0) is 12.3. The van der Waals surface area contributed by atoms with Gasteiger partial charge in [0.05, 0.1) is 0 Å². The van der Waals surface area contributed by atoms with Gasteiger partial charge in [-0.25, -0.2) is 4.39 Å². The molecule has 1 aromatic rings. The average molecular weight is 236 g/mol. The SMILES string of the molecule is Cc1ccc(NC(=O)CCNC2CC2)cc1F. The molecule has 3 nitrogen and oxygen atoms in total. The molecule has 0 atom stereocenters. The van der Waals surface area contributed by atoms with Crippen LogP contribution in [0.15, 0.2) is 18.2 Å². The fourth-order valence-electron chi connectivity index (χ4n) is 1.57. The summed E-state index contributed by atoms with van der Waals surface area (Å²) in [6.07, 6.45) is 2.85. The predicted octanol–water partition coefficient (Wildman–Crippen LogP) is 2.21. The number of halogens is 1. The van der Waals surface area contributed by atoms with Crippen molar-refractivity contribution in [1.29, 1.82) is 0 Å². The Bertz CT molecular complexity index is 416. The number of carbonyl (C=O) groups is 1. The van der Waals surface area contributed by atoms with E-state index < -0.39 is 0 Å². The van der Waals surface area contributed by atoms with Crippen molar-refractivity contribution in [1.82, 2.24) is 5.32 Å². The Morgan fingerprint density at radius 2 is 2.24 bits per heavy atom. The lowest BCUT2D eigenvalue weighted by Crippen LogP contribution is -2.23. The summed E-state index contributed by atoms with van der Waals surface area (Å²) in [4.78, 5) is 11.5. The minimum atomic E-state index is -0.293. The minimum absolute atomic E-state index is 0.0820. The maximum absolute atomic E-state index is 13.2. The van der Waals surface area contributed by atoms with Gasteiger partial charge in [0.25, 0.3) is 0 Å². The number of hydrogen-bond acceptors (Lipinski definition) is 2. The van der Waals surface area contributed by atoms with Crippen molar-refractivity contribution in [3.8, 4) is 0 Å². The molecule has 17 heavy (non-hydrogen) atoms. The minimum Gasteiger partial charge on any atom is -0.326 e. The first kappa shape index (κ1) is 12.0. The lowest BCUT2D eigenvalue weighted by Gasteiger charge is -2.06. The third-order valence-electron chi connectivity index (χ3n) is 2.82. The van der Waals surface area contributed by atoms with Crippen LogP contribution in [0.25, 0.3) is 0 Å². The Balaban J connectivity index is 1.77. The molecule has 1 aromatic carbocycles. The van der Waals surface area contributed by atoms with E-state index in [1.807, 2.05) is 0 Å². The van der Waals surface area contributed by atoms with Gasteiger partial charge < -0.3 is 10.6 Å². The number of anilines is 1. The van der Waals surface area contributed by atoms with Gasteiger partial charge in [0.1, 0.15) is 5.82 Å². The highest BCUT2D eigenvalue weighted by Gasteiger charge is 2.20. The molecular weight excluding hydrogens is 219 g/mol. The number of nitrogens with one attached hydrogen (secondary N) is 2. The molecule has 1 aliphatic carbocycles. The van der Waals surface area contributed by atoms with Gasteiger partial charge in [-0.3, -0.25) is 4.79 Å². The molecule has 1 aliphatic rings. The smallest absolute Gasteiger partial charge is 0.225 e. The molecule has 0 heterocycles. The van der Waals surface area contributed by atoms with E-state index in [0.29, 0.717) is 30.3 Å². The molecular formula is C13H17FN2O. The molecule has 92 valence electrons. The number of hydrogen-bond donors (Lipinski definition) is 2. The summed E-state index contributed by atoms with van der Waals surface area (Å²) >= 11 is 0. The number of rotatable bonds is 5. The second-order valence-electron chi connectivity index (χ2n) is 4.49. The summed E-state index contributed by atoms with van der Waals surface area (Å²) in [5.41, 5.74) is 1.10. The fourth-order valence-corrected chi connectivity index (χ4v) is 1.57. The third kappa shape index (κ3) is 3.82. The second kappa shape index (κ2) is 5.27. The van der Waals surface area contributed by atoms with Crippen LogP contribution in [0.2, 0.25) is 0 Å². The molecule has 1 fully saturated rings. The molecule has 1 amide bonds. The van der Waals surface area contributed by atoms with Crippen LogP contribution < -0.4 is 10.6 Å². The summed E-state index contributed by atoms with van der Waals surface area (Å²) in [7, 11) is 0. The fraction of sp³-hybridized carbons (Fsp3) is 0.462. The van der Waals surface area contributed by atoms with E-state index in [-0.39, 0.29) is 11.7 Å². The molecule has 0 bridgehead atoms. The molecule has 0 aromatic heterocycles. The molecule has 1 saturated carbocycles. The van der Waals surface area contributed by atoms with E-state index in [0.717, 1.165) is 0 Å². The topological polar surface area (TPSA) is 41.1 Å². The third-order valence-corrected chi connectivity index (χ3v) is 2.82. The van der Waals surface area contributed by atoms with E-state index >= 15 is 0 Å². The van der Waals surface area contributed by atoms with Gasteiger partial charge in [-0.05, 0) is 37.5 Å². The molecule has 0 unspecified atom stereocenters. The zero-order valence-corrected chi connectivity index (χ0v) is 9.92. The maximum atomic E-state index is 13.2. The van der Waals surface area contributed by atoms with Crippen LogP contribution in [0.3, 0.4) is 0 Å². The Labute approximate surface area is 100 Å². The quantitative estimate of drug-likeness (QED) is 0.823. The van der Waals surface area contributed by atoms with Crippen LogP contribution in [0.4, 0.5) is 10.1 Å². The Morgan fingerprint density at radius 3 is 2.88 bits per heavy atom. The monoisotopic (exact) mass is 236 g/mol. The molecule has 0 aliphatic heterocycles. The summed E-state index contributed by atoms with van der Waals surface area (Å²) < 4.78 is 13.2. The first-order chi connectivity index (χ1) is 8.15. The standard InChI is InChI=1S/C13H17FN2O/c1-9-2-3-11(8-12(9)14)16-13(17)6-7-15-10-4-5-10/h2-3,8,10,15H,4-7H2,1H3,(H,16,17). The van der Waals surface area contributed by atoms with Gasteiger partial charge in [-0.15, -0.1) is 0 Å². The number of aryl methyl sites for hydroxylation is 1. The van der Waals surface area contributed by atoms with Crippen molar-refractivity contribution in [2.24, 2.45) is 0 Å². The van der Waals surface area contributed by atoms with E-state index in [2.05, 4.69) is 10.6 Å². The van der Waals surface area contributed by atoms with Crippen molar-refractivity contribution >= 4 is 11.6 Å². The molecule has 4 heteroatoms. The Hall–Kier alpha value is -1.42. The highest BCUT2D eigenvalue weighted by Crippen LogP contribution is 2.18. The maximum Gasteiger partial charge on any atom is 0.225 e. The van der Waals surface area contributed by atoms with Crippen LogP contribution >= 0.6 is 0 Å². The molecule has 0 saturated heterocycles. The van der Waals surface area contributed by atoms with Crippen molar-refractivity contribution in [3.63, 3.8) is 0 Å². The first-order valence-corrected chi connectivity index (χ1v) is 5.94. The lowest BCUT2D eigenvalue weighted by atomic mass is 10.2. The highest BCUT2D eigenvalue weighted by atomic mass is 19.1. The molecule has 2 rings (SSSR count). The van der Waals surface area contributed by atoms with Gasteiger partial charge in [0, 0.05) is 24.7 Å². The van der Waals surface area contributed by atoms with Gasteiger partial charge in [-0.1, -0.05) is 6.07 Å². The predicted molar refractivity (Wildman–Crippen MR) is 65.4 cm³/mol. The van der Waals surface area contributed by atoms with E-state index in [1.165, 1.54) is 18.9 Å². The van der Waals surface area contributed by atoms with Crippen LogP contribution in [0.5, 0.6) is 0 Å². The number of amides is 1. The summed E-state index contributed by atoms with van der Waals surface area (Å²) in [5, 5.41) is 5.94. The Morgan fingerprint density at radius 1 is 1.47 bits per heavy atom. The molecule has 0 radical (unpaired) electrons. The number of benzene rings is 1. The highest BCUT2D eigenvalue weighted by molar-refractivity contribution is 5.90. The summed E-state index contributed by atoms with van der Waals surface area (Å²) in [6.45, 7) is 2.38. The molecule has 0 spiro atoms. The van der Waals surface area contributed by atoms with Crippen molar-refractivity contribution in [3.05, 3.63) is 29.6 Å². The average Bonchev–Trinajstić information content (AvgIpc) is 3.07. The lowest BCUT2D eigenvalue weighted by molar-refractivity contribution is -0.116. The van der Waals surface area contributed by atoms with E-state index in [1.54, 1.807) is 19.1 Å². The van der Waals surface area contributed by atoms with Crippen molar-refractivity contribution in [2.75, 3.05) is 11.9 Å². The van der Waals surface area contributed by atoms with Crippen molar-refractivity contribution < 1.29 is 9.18 Å². The van der Waals surface area contributed by atoms with Crippen LogP contribution in [-0.4, -0.2) is 18.5 Å². The van der Waals surface area contributed by atoms with Gasteiger partial charge in [-0.2, -0.15) is 0 Å². The van der Waals surface area contributed by atoms with Crippen LogP contribution in [0, 0.1) is 12.7 Å². The largest absolute Gasteiger partial charge is 0.326 e. The van der Waals surface area contributed by atoms with E-state index in [9.17, 15) is 9.18 Å². The van der Waals surface area contributed by atoms with Crippen LogP contribution in [0.1, 0.15) is 24.8 Å². The summed E-state index contributed by atoms with van der Waals surface area (Å²) in [6, 6.07) is 5.33. The summed E-state index contributed by atoms with van der Waals surface area (Å²) in [5.74, 6) is -0.375. The Kier molecular flexibility index (Phi) is 3.74. The first-order valence-electron chi connectivity index (χ1n) is 5.94. The van der Waals surface area contributed by atoms with Gasteiger partial charge in [0.2, 0.25) is 5.91 Å². The normalized spacial score (nSPS) is 14.7. The molecule has 2 N–H and O–H groups in total. The van der Waals surface area contributed by atoms with Gasteiger partial charge in [0.15, 0.2) is 0 Å². The zero-order valence-electron chi connectivity index (χ0n) is 9.92. The number of carbonyl (C=O) groups excluding carboxylic acids is 1. The second-order valence-corrected chi connectivity index (χ2v) is 4.49.